The van der Waals surface area contributed by atoms with Crippen molar-refractivity contribution in [1.29, 1.82) is 0 Å². The first-order valence-corrected chi connectivity index (χ1v) is 5.78. The van der Waals surface area contributed by atoms with Crippen LogP contribution in [0.4, 0.5) is 8.78 Å². The second-order valence-electron chi connectivity index (χ2n) is 2.91. The van der Waals surface area contributed by atoms with Crippen molar-refractivity contribution in [2.24, 2.45) is 0 Å². The molecule has 3 nitrogen and oxygen atoms in total. The lowest BCUT2D eigenvalue weighted by Crippen LogP contribution is -2.03. The van der Waals surface area contributed by atoms with Crippen LogP contribution in [0, 0.1) is 6.26 Å². The maximum atomic E-state index is 11.8. The maximum absolute atomic E-state index is 11.8. The van der Waals surface area contributed by atoms with Gasteiger partial charge in [0.05, 0.1) is 12.0 Å². The summed E-state index contributed by atoms with van der Waals surface area (Å²) < 4.78 is 49.5. The molecule has 1 aromatic rings. The maximum Gasteiger partial charge on any atom is 0.387 e. The van der Waals surface area contributed by atoms with Gasteiger partial charge in [0.15, 0.2) is 9.84 Å². The number of hydrogen-bond donors (Lipinski definition) is 0. The topological polar surface area (TPSA) is 43.4 Å². The van der Waals surface area contributed by atoms with Crippen molar-refractivity contribution in [2.75, 3.05) is 0 Å². The highest BCUT2D eigenvalue weighted by Crippen LogP contribution is 2.17. The summed E-state index contributed by atoms with van der Waals surface area (Å²) in [6, 6.07) is 5.51. The molecule has 1 rings (SSSR count). The van der Waals surface area contributed by atoms with Crippen molar-refractivity contribution in [1.82, 2.24) is 0 Å². The average Bonchev–Trinajstić information content (AvgIpc) is 1.99. The molecule has 0 saturated heterocycles. The van der Waals surface area contributed by atoms with Gasteiger partial charge < -0.3 is 4.74 Å². The van der Waals surface area contributed by atoms with Crippen LogP contribution >= 0.6 is 0 Å². The van der Waals surface area contributed by atoms with Crippen molar-refractivity contribution in [2.45, 2.75) is 12.4 Å². The summed E-state index contributed by atoms with van der Waals surface area (Å²) in [5, 5.41) is 0. The van der Waals surface area contributed by atoms with Gasteiger partial charge in [-0.05, 0) is 17.7 Å². The molecule has 0 spiro atoms. The van der Waals surface area contributed by atoms with E-state index in [-0.39, 0.29) is 11.5 Å². The Morgan fingerprint density at radius 2 is 2.07 bits per heavy atom. The zero-order chi connectivity index (χ0) is 11.5. The number of alkyl halides is 2. The fourth-order valence-corrected chi connectivity index (χ4v) is 1.75. The predicted octanol–water partition coefficient (Wildman–Crippen LogP) is 1.99. The van der Waals surface area contributed by atoms with Crippen LogP contribution in [0.3, 0.4) is 0 Å². The van der Waals surface area contributed by atoms with Crippen LogP contribution in [0.5, 0.6) is 5.75 Å². The molecule has 0 N–H and O–H groups in total. The summed E-state index contributed by atoms with van der Waals surface area (Å²) >= 11 is 0. The number of sulfone groups is 1. The first-order chi connectivity index (χ1) is 6.87. The van der Waals surface area contributed by atoms with Gasteiger partial charge in [-0.2, -0.15) is 8.78 Å². The lowest BCUT2D eigenvalue weighted by Gasteiger charge is -2.05. The van der Waals surface area contributed by atoms with Crippen molar-refractivity contribution in [3.63, 3.8) is 0 Å². The summed E-state index contributed by atoms with van der Waals surface area (Å²) in [5.41, 5.74) is 0.364. The smallest absolute Gasteiger partial charge is 0.387 e. The van der Waals surface area contributed by atoms with Gasteiger partial charge in [-0.25, -0.2) is 8.42 Å². The normalized spacial score (nSPS) is 11.7. The first-order valence-electron chi connectivity index (χ1n) is 3.96. The van der Waals surface area contributed by atoms with E-state index in [1.54, 1.807) is 0 Å². The van der Waals surface area contributed by atoms with Crippen molar-refractivity contribution in [3.8, 4) is 5.75 Å². The minimum atomic E-state index is -3.42. The fourth-order valence-electron chi connectivity index (χ4n) is 1.07. The van der Waals surface area contributed by atoms with E-state index >= 15 is 0 Å². The minimum Gasteiger partial charge on any atom is -0.435 e. The molecule has 0 aliphatic rings. The number of hydrogen-bond acceptors (Lipinski definition) is 3. The largest absolute Gasteiger partial charge is 0.435 e. The summed E-state index contributed by atoms with van der Waals surface area (Å²) in [6.07, 6.45) is 2.94. The van der Waals surface area contributed by atoms with Gasteiger partial charge in [0.25, 0.3) is 0 Å². The Bertz CT molecular complexity index is 429. The van der Waals surface area contributed by atoms with E-state index < -0.39 is 16.4 Å². The van der Waals surface area contributed by atoms with E-state index in [1.165, 1.54) is 24.3 Å². The van der Waals surface area contributed by atoms with E-state index in [0.29, 0.717) is 5.56 Å². The zero-order valence-electron chi connectivity index (χ0n) is 7.69. The molecule has 1 radical (unpaired) electrons. The summed E-state index contributed by atoms with van der Waals surface area (Å²) in [6.45, 7) is -2.92. The van der Waals surface area contributed by atoms with E-state index in [9.17, 15) is 17.2 Å². The van der Waals surface area contributed by atoms with Crippen molar-refractivity contribution in [3.05, 3.63) is 36.1 Å². The lowest BCUT2D eigenvalue weighted by molar-refractivity contribution is -0.0498. The van der Waals surface area contributed by atoms with E-state index in [4.69, 9.17) is 0 Å². The summed E-state index contributed by atoms with van der Waals surface area (Å²) in [5.74, 6) is -0.362. The van der Waals surface area contributed by atoms with Gasteiger partial charge in [-0.15, -0.1) is 0 Å². The molecule has 0 aliphatic heterocycles. The van der Waals surface area contributed by atoms with Crippen LogP contribution in [0.2, 0.25) is 0 Å². The van der Waals surface area contributed by atoms with Crippen LogP contribution in [0.15, 0.2) is 24.3 Å². The molecule has 0 bridgehead atoms. The SMILES string of the molecule is [CH2]S(=O)(=O)Cc1cccc(OC(F)F)c1. The third kappa shape index (κ3) is 4.73. The highest BCUT2D eigenvalue weighted by atomic mass is 32.2. The van der Waals surface area contributed by atoms with Crippen LogP contribution in [0.25, 0.3) is 0 Å². The monoisotopic (exact) mass is 235 g/mol. The first kappa shape index (κ1) is 11.9. The van der Waals surface area contributed by atoms with Gasteiger partial charge in [0.1, 0.15) is 5.75 Å². The van der Waals surface area contributed by atoms with Crippen LogP contribution in [0.1, 0.15) is 5.56 Å². The molecule has 0 atom stereocenters. The second kappa shape index (κ2) is 4.57. The minimum absolute atomic E-state index is 0.0637. The molecular formula is C9H9F2O3S. The highest BCUT2D eigenvalue weighted by molar-refractivity contribution is 7.91. The molecule has 15 heavy (non-hydrogen) atoms. The molecule has 1 aromatic carbocycles. The summed E-state index contributed by atoms with van der Waals surface area (Å²) in [7, 11) is -3.42. The van der Waals surface area contributed by atoms with Crippen molar-refractivity contribution >= 4 is 9.84 Å². The predicted molar refractivity (Wildman–Crippen MR) is 51.1 cm³/mol. The zero-order valence-corrected chi connectivity index (χ0v) is 8.51. The quantitative estimate of drug-likeness (QED) is 0.801. The van der Waals surface area contributed by atoms with Gasteiger partial charge in [-0.3, -0.25) is 0 Å². The van der Waals surface area contributed by atoms with Crippen LogP contribution in [-0.4, -0.2) is 15.0 Å². The third-order valence-corrected chi connectivity index (χ3v) is 2.28. The lowest BCUT2D eigenvalue weighted by atomic mass is 10.2. The number of halogens is 2. The number of benzene rings is 1. The fraction of sp³-hybridized carbons (Fsp3) is 0.222. The third-order valence-electron chi connectivity index (χ3n) is 1.51. The van der Waals surface area contributed by atoms with E-state index in [2.05, 4.69) is 11.0 Å². The number of ether oxygens (including phenoxy) is 1. The molecular weight excluding hydrogens is 226 g/mol. The highest BCUT2D eigenvalue weighted by Gasteiger charge is 2.08. The standard InChI is InChI=1S/C9H9F2O3S/c1-15(12,13)6-7-3-2-4-8(5-7)14-9(10)11/h2-5,9H,1,6H2. The Morgan fingerprint density at radius 1 is 1.40 bits per heavy atom. The van der Waals surface area contributed by atoms with Gasteiger partial charge >= 0.3 is 6.61 Å². The van der Waals surface area contributed by atoms with Gasteiger partial charge in [0.2, 0.25) is 0 Å². The molecule has 0 amide bonds. The molecule has 0 aromatic heterocycles. The van der Waals surface area contributed by atoms with Crippen molar-refractivity contribution < 1.29 is 21.9 Å². The van der Waals surface area contributed by atoms with Crippen LogP contribution < -0.4 is 4.74 Å². The Morgan fingerprint density at radius 3 is 2.60 bits per heavy atom. The molecule has 6 heteroatoms. The molecule has 0 fully saturated rings. The Balaban J connectivity index is 2.83. The number of rotatable bonds is 4. The molecule has 0 heterocycles. The molecule has 83 valence electrons. The van der Waals surface area contributed by atoms with E-state index in [0.717, 1.165) is 0 Å². The molecule has 0 aliphatic carbocycles. The molecule has 0 saturated carbocycles. The summed E-state index contributed by atoms with van der Waals surface area (Å²) in [4.78, 5) is 0. The molecule has 0 unspecified atom stereocenters. The second-order valence-corrected chi connectivity index (χ2v) is 4.69. The van der Waals surface area contributed by atoms with Gasteiger partial charge in [-0.1, -0.05) is 12.1 Å². The van der Waals surface area contributed by atoms with Crippen LogP contribution in [-0.2, 0) is 15.6 Å². The average molecular weight is 235 g/mol. The van der Waals surface area contributed by atoms with E-state index in [1.807, 2.05) is 0 Å². The Labute approximate surface area is 86.6 Å². The Hall–Kier alpha value is -1.17. The Kier molecular flexibility index (Phi) is 3.62. The van der Waals surface area contributed by atoms with Gasteiger partial charge in [0, 0.05) is 0 Å².